The molecule has 0 atom stereocenters. The molecule has 0 aromatic heterocycles. The first-order valence-corrected chi connectivity index (χ1v) is 4.46. The summed E-state index contributed by atoms with van der Waals surface area (Å²) in [7, 11) is 0. The van der Waals surface area contributed by atoms with Crippen molar-refractivity contribution >= 4 is 5.57 Å². The summed E-state index contributed by atoms with van der Waals surface area (Å²) in [6.07, 6.45) is 3.45. The van der Waals surface area contributed by atoms with E-state index in [1.54, 1.807) is 0 Å². The van der Waals surface area contributed by atoms with Crippen LogP contribution < -0.4 is 0 Å². The minimum absolute atomic E-state index is 1.13. The van der Waals surface area contributed by atoms with Crippen molar-refractivity contribution in [1.82, 2.24) is 0 Å². The molecule has 1 aromatic carbocycles. The predicted molar refractivity (Wildman–Crippen MR) is 53.3 cm³/mol. The van der Waals surface area contributed by atoms with Crippen LogP contribution in [0.25, 0.3) is 5.57 Å². The van der Waals surface area contributed by atoms with E-state index in [1.165, 1.54) is 27.8 Å². The van der Waals surface area contributed by atoms with Gasteiger partial charge in [-0.25, -0.2) is 0 Å². The molecule has 2 rings (SSSR count). The zero-order valence-corrected chi connectivity index (χ0v) is 7.94. The van der Waals surface area contributed by atoms with Crippen molar-refractivity contribution < 1.29 is 0 Å². The number of allylic oxidation sites excluding steroid dienone is 2. The zero-order chi connectivity index (χ0) is 8.72. The van der Waals surface area contributed by atoms with E-state index in [1.807, 2.05) is 0 Å². The maximum atomic E-state index is 2.32. The van der Waals surface area contributed by atoms with Crippen LogP contribution in [0.4, 0.5) is 0 Å². The third kappa shape index (κ3) is 0.989. The van der Waals surface area contributed by atoms with Crippen molar-refractivity contribution in [2.24, 2.45) is 0 Å². The largest absolute Gasteiger partial charge is 0.0766 e. The van der Waals surface area contributed by atoms with Crippen LogP contribution in [-0.4, -0.2) is 0 Å². The molecule has 0 amide bonds. The first-order chi connectivity index (χ1) is 5.68. The van der Waals surface area contributed by atoms with Crippen molar-refractivity contribution in [3.63, 3.8) is 0 Å². The van der Waals surface area contributed by atoms with Crippen molar-refractivity contribution in [3.8, 4) is 0 Å². The van der Waals surface area contributed by atoms with Crippen LogP contribution in [0.2, 0.25) is 0 Å². The van der Waals surface area contributed by atoms with E-state index < -0.39 is 0 Å². The Morgan fingerprint density at radius 1 is 1.08 bits per heavy atom. The van der Waals surface area contributed by atoms with Gasteiger partial charge in [0.2, 0.25) is 0 Å². The number of aryl methyl sites for hydroxylation is 2. The summed E-state index contributed by atoms with van der Waals surface area (Å²) in [5.41, 5.74) is 7.25. The van der Waals surface area contributed by atoms with Crippen LogP contribution in [0.5, 0.6) is 0 Å². The zero-order valence-electron chi connectivity index (χ0n) is 7.94. The molecule has 1 aliphatic rings. The van der Waals surface area contributed by atoms with Crippen molar-refractivity contribution in [1.29, 1.82) is 0 Å². The molecule has 0 N–H and O–H groups in total. The molecule has 0 bridgehead atoms. The fourth-order valence-corrected chi connectivity index (χ4v) is 2.15. The lowest BCUT2D eigenvalue weighted by molar-refractivity contribution is 1.25. The van der Waals surface area contributed by atoms with E-state index in [2.05, 4.69) is 39.0 Å². The minimum atomic E-state index is 1.13. The number of benzene rings is 1. The van der Waals surface area contributed by atoms with E-state index in [4.69, 9.17) is 0 Å². The Hall–Kier alpha value is -1.04. The highest BCUT2D eigenvalue weighted by Crippen LogP contribution is 2.30. The molecule has 1 aromatic rings. The highest BCUT2D eigenvalue weighted by Gasteiger charge is 2.12. The first kappa shape index (κ1) is 7.60. The van der Waals surface area contributed by atoms with Gasteiger partial charge in [0.1, 0.15) is 0 Å². The van der Waals surface area contributed by atoms with Gasteiger partial charge in [-0.2, -0.15) is 0 Å². The van der Waals surface area contributed by atoms with Gasteiger partial charge in [0, 0.05) is 0 Å². The van der Waals surface area contributed by atoms with Gasteiger partial charge in [0.25, 0.3) is 0 Å². The minimum Gasteiger partial charge on any atom is -0.0766 e. The Balaban J connectivity index is 2.67. The third-order valence-corrected chi connectivity index (χ3v) is 2.58. The molecule has 0 aliphatic heterocycles. The Labute approximate surface area is 73.9 Å². The molecule has 0 saturated carbocycles. The van der Waals surface area contributed by atoms with Crippen molar-refractivity contribution in [2.45, 2.75) is 27.2 Å². The number of hydrogen-bond acceptors (Lipinski definition) is 0. The van der Waals surface area contributed by atoms with Crippen LogP contribution >= 0.6 is 0 Å². The standard InChI is InChI=1S/C12H14/c1-8-6-10(3)12-9(2)4-5-11(12)7-8/h4,6-7H,5H2,1-3H3. The molecule has 0 spiro atoms. The summed E-state index contributed by atoms with van der Waals surface area (Å²) >= 11 is 0. The quantitative estimate of drug-likeness (QED) is 0.543. The maximum absolute atomic E-state index is 2.32. The van der Waals surface area contributed by atoms with Gasteiger partial charge in [-0.1, -0.05) is 23.8 Å². The monoisotopic (exact) mass is 158 g/mol. The lowest BCUT2D eigenvalue weighted by Crippen LogP contribution is -1.89. The topological polar surface area (TPSA) is 0 Å². The summed E-state index contributed by atoms with van der Waals surface area (Å²) in [6.45, 7) is 6.57. The van der Waals surface area contributed by atoms with Gasteiger partial charge < -0.3 is 0 Å². The summed E-state index contributed by atoms with van der Waals surface area (Å²) in [4.78, 5) is 0. The average molecular weight is 158 g/mol. The molecule has 0 heterocycles. The van der Waals surface area contributed by atoms with Gasteiger partial charge in [-0.05, 0) is 49.5 Å². The molecule has 0 unspecified atom stereocenters. The van der Waals surface area contributed by atoms with Gasteiger partial charge in [-0.3, -0.25) is 0 Å². The fraction of sp³-hybridized carbons (Fsp3) is 0.333. The first-order valence-electron chi connectivity index (χ1n) is 4.46. The summed E-state index contributed by atoms with van der Waals surface area (Å²) < 4.78 is 0. The lowest BCUT2D eigenvalue weighted by atomic mass is 9.98. The predicted octanol–water partition coefficient (Wildman–Crippen LogP) is 3.26. The Kier molecular flexibility index (Phi) is 1.57. The smallest absolute Gasteiger partial charge is 0.00853 e. The number of hydrogen-bond donors (Lipinski definition) is 0. The highest BCUT2D eigenvalue weighted by molar-refractivity contribution is 5.74. The molecule has 0 radical (unpaired) electrons. The Bertz CT molecular complexity index is 357. The van der Waals surface area contributed by atoms with Crippen LogP contribution in [0.3, 0.4) is 0 Å². The fourth-order valence-electron chi connectivity index (χ4n) is 2.15. The summed E-state index contributed by atoms with van der Waals surface area (Å²) in [5, 5.41) is 0. The Morgan fingerprint density at radius 2 is 1.83 bits per heavy atom. The third-order valence-electron chi connectivity index (χ3n) is 2.58. The molecule has 0 fully saturated rings. The van der Waals surface area contributed by atoms with Crippen molar-refractivity contribution in [2.75, 3.05) is 0 Å². The van der Waals surface area contributed by atoms with E-state index in [0.29, 0.717) is 0 Å². The summed E-state index contributed by atoms with van der Waals surface area (Å²) in [5.74, 6) is 0. The van der Waals surface area contributed by atoms with Gasteiger partial charge >= 0.3 is 0 Å². The van der Waals surface area contributed by atoms with E-state index in [-0.39, 0.29) is 0 Å². The van der Waals surface area contributed by atoms with E-state index in [0.717, 1.165) is 6.42 Å². The molecular formula is C12H14. The molecule has 62 valence electrons. The van der Waals surface area contributed by atoms with Crippen LogP contribution in [0.1, 0.15) is 29.2 Å². The molecular weight excluding hydrogens is 144 g/mol. The van der Waals surface area contributed by atoms with Crippen LogP contribution in [0.15, 0.2) is 18.2 Å². The second-order valence-electron chi connectivity index (χ2n) is 3.71. The van der Waals surface area contributed by atoms with Crippen molar-refractivity contribution in [3.05, 3.63) is 40.5 Å². The lowest BCUT2D eigenvalue weighted by Gasteiger charge is -2.07. The normalized spacial score (nSPS) is 14.4. The molecule has 0 saturated heterocycles. The molecule has 12 heavy (non-hydrogen) atoms. The molecule has 0 nitrogen and oxygen atoms in total. The SMILES string of the molecule is CC1=CCc2cc(C)cc(C)c21. The summed E-state index contributed by atoms with van der Waals surface area (Å²) in [6, 6.07) is 4.57. The molecule has 1 aliphatic carbocycles. The van der Waals surface area contributed by atoms with Gasteiger partial charge in [-0.15, -0.1) is 0 Å². The molecule has 0 heteroatoms. The van der Waals surface area contributed by atoms with Crippen LogP contribution in [0, 0.1) is 13.8 Å². The maximum Gasteiger partial charge on any atom is -0.00853 e. The second-order valence-corrected chi connectivity index (χ2v) is 3.71. The number of rotatable bonds is 0. The average Bonchev–Trinajstić information content (AvgIpc) is 2.31. The van der Waals surface area contributed by atoms with Gasteiger partial charge in [0.15, 0.2) is 0 Å². The highest BCUT2D eigenvalue weighted by atomic mass is 14.2. The van der Waals surface area contributed by atoms with Crippen LogP contribution in [-0.2, 0) is 6.42 Å². The second kappa shape index (κ2) is 2.48. The van der Waals surface area contributed by atoms with E-state index in [9.17, 15) is 0 Å². The Morgan fingerprint density at radius 3 is 2.58 bits per heavy atom. The van der Waals surface area contributed by atoms with E-state index >= 15 is 0 Å². The van der Waals surface area contributed by atoms with Gasteiger partial charge in [0.05, 0.1) is 0 Å². The number of fused-ring (bicyclic) bond motifs is 1.